The Balaban J connectivity index is 1.76. The number of rotatable bonds is 8. The maximum absolute atomic E-state index is 13.3. The van der Waals surface area contributed by atoms with Crippen molar-refractivity contribution < 1.29 is 19.1 Å². The highest BCUT2D eigenvalue weighted by atomic mass is 35.5. The second kappa shape index (κ2) is 10.6. The van der Waals surface area contributed by atoms with Crippen LogP contribution in [-0.2, 0) is 11.3 Å². The lowest BCUT2D eigenvalue weighted by atomic mass is 10.1. The van der Waals surface area contributed by atoms with E-state index in [0.29, 0.717) is 44.7 Å². The number of nitrogens with zero attached hydrogens (tertiary/aromatic N) is 1. The van der Waals surface area contributed by atoms with Crippen LogP contribution in [0.4, 0.5) is 5.69 Å². The highest BCUT2D eigenvalue weighted by Gasteiger charge is 2.27. The van der Waals surface area contributed by atoms with E-state index in [-0.39, 0.29) is 17.3 Å². The predicted octanol–water partition coefficient (Wildman–Crippen LogP) is 6.88. The van der Waals surface area contributed by atoms with E-state index in [1.807, 2.05) is 6.92 Å². The highest BCUT2D eigenvalue weighted by molar-refractivity contribution is 6.52. The van der Waals surface area contributed by atoms with Crippen molar-refractivity contribution in [3.63, 3.8) is 0 Å². The Morgan fingerprint density at radius 3 is 2.31 bits per heavy atom. The smallest absolute Gasteiger partial charge is 0.296 e. The van der Waals surface area contributed by atoms with Gasteiger partial charge in [-0.25, -0.2) is 0 Å². The van der Waals surface area contributed by atoms with Crippen molar-refractivity contribution >= 4 is 63.1 Å². The molecule has 6 nitrogen and oxygen atoms in total. The van der Waals surface area contributed by atoms with Gasteiger partial charge in [0.2, 0.25) is 0 Å². The fraction of sp³-hybridized carbons (Fsp3) is 0.154. The Labute approximate surface area is 217 Å². The lowest BCUT2D eigenvalue weighted by Crippen LogP contribution is -2.23. The first-order chi connectivity index (χ1) is 16.8. The van der Waals surface area contributed by atoms with Crippen LogP contribution in [0.25, 0.3) is 10.9 Å². The molecular formula is C26H21Cl3N2O4. The molecule has 0 radical (unpaired) electrons. The summed E-state index contributed by atoms with van der Waals surface area (Å²) in [5.74, 6) is -0.402. The van der Waals surface area contributed by atoms with E-state index in [9.17, 15) is 9.59 Å². The van der Waals surface area contributed by atoms with Gasteiger partial charge in [0.15, 0.2) is 0 Å². The minimum absolute atomic E-state index is 0.0827. The van der Waals surface area contributed by atoms with Crippen molar-refractivity contribution in [1.82, 2.24) is 4.57 Å². The summed E-state index contributed by atoms with van der Waals surface area (Å²) in [6, 6.07) is 17.1. The zero-order valence-electron chi connectivity index (χ0n) is 18.9. The molecule has 180 valence electrons. The molecule has 1 aromatic heterocycles. The quantitative estimate of drug-likeness (QED) is 0.199. The van der Waals surface area contributed by atoms with Crippen LogP contribution in [0, 0.1) is 0 Å². The zero-order chi connectivity index (χ0) is 25.1. The van der Waals surface area contributed by atoms with Gasteiger partial charge >= 0.3 is 0 Å². The molecule has 1 N–H and O–H groups in total. The molecule has 9 heteroatoms. The Morgan fingerprint density at radius 2 is 1.66 bits per heavy atom. The van der Waals surface area contributed by atoms with Gasteiger partial charge in [-0.2, -0.15) is 0 Å². The number of carbonyl (C=O) groups is 2. The molecule has 0 spiro atoms. The second-order valence-corrected chi connectivity index (χ2v) is 8.81. The molecule has 4 aromatic rings. The van der Waals surface area contributed by atoms with Crippen LogP contribution in [-0.4, -0.2) is 30.0 Å². The van der Waals surface area contributed by atoms with E-state index in [0.717, 1.165) is 5.56 Å². The molecule has 0 unspecified atom stereocenters. The first-order valence-corrected chi connectivity index (χ1v) is 11.8. The maximum Gasteiger partial charge on any atom is 0.296 e. The minimum Gasteiger partial charge on any atom is -0.497 e. The van der Waals surface area contributed by atoms with Gasteiger partial charge < -0.3 is 19.4 Å². The van der Waals surface area contributed by atoms with Crippen LogP contribution in [0.3, 0.4) is 0 Å². The molecule has 0 saturated carbocycles. The number of halogens is 3. The lowest BCUT2D eigenvalue weighted by molar-refractivity contribution is -0.112. The van der Waals surface area contributed by atoms with Crippen LogP contribution < -0.4 is 14.8 Å². The van der Waals surface area contributed by atoms with Crippen molar-refractivity contribution in [2.24, 2.45) is 0 Å². The summed E-state index contributed by atoms with van der Waals surface area (Å²) in [7, 11) is 1.54. The molecule has 0 bridgehead atoms. The monoisotopic (exact) mass is 530 g/mol. The SMILES string of the molecule is CCOc1ccc2c(c1)c(C(=O)C(=O)Nc1ccc(OC)cc1)c(Cl)n2Cc1ccc(Cl)cc1Cl. The number of nitrogens with one attached hydrogen (secondary N) is 1. The number of benzene rings is 3. The van der Waals surface area contributed by atoms with Gasteiger partial charge in [-0.05, 0) is 67.1 Å². The molecular weight excluding hydrogens is 511 g/mol. The van der Waals surface area contributed by atoms with Gasteiger partial charge in [-0.3, -0.25) is 9.59 Å². The third-order valence-electron chi connectivity index (χ3n) is 5.41. The molecule has 35 heavy (non-hydrogen) atoms. The number of carbonyl (C=O) groups excluding carboxylic acids is 2. The summed E-state index contributed by atoms with van der Waals surface area (Å²) in [4.78, 5) is 26.2. The summed E-state index contributed by atoms with van der Waals surface area (Å²) < 4.78 is 12.5. The van der Waals surface area contributed by atoms with Crippen molar-refractivity contribution in [2.45, 2.75) is 13.5 Å². The fourth-order valence-electron chi connectivity index (χ4n) is 3.73. The average Bonchev–Trinajstić information content (AvgIpc) is 3.11. The van der Waals surface area contributed by atoms with Gasteiger partial charge in [0.05, 0.1) is 31.3 Å². The van der Waals surface area contributed by atoms with Gasteiger partial charge in [0.25, 0.3) is 11.7 Å². The van der Waals surface area contributed by atoms with Crippen molar-refractivity contribution in [1.29, 1.82) is 0 Å². The normalized spacial score (nSPS) is 10.9. The van der Waals surface area contributed by atoms with Gasteiger partial charge in [-0.15, -0.1) is 0 Å². The van der Waals surface area contributed by atoms with Crippen molar-refractivity contribution in [3.8, 4) is 11.5 Å². The van der Waals surface area contributed by atoms with Gasteiger partial charge in [-0.1, -0.05) is 40.9 Å². The number of anilines is 1. The topological polar surface area (TPSA) is 69.6 Å². The first-order valence-electron chi connectivity index (χ1n) is 10.7. The number of fused-ring (bicyclic) bond motifs is 1. The van der Waals surface area contributed by atoms with Crippen LogP contribution >= 0.6 is 34.8 Å². The number of hydrogen-bond donors (Lipinski definition) is 1. The van der Waals surface area contributed by atoms with E-state index in [4.69, 9.17) is 44.3 Å². The van der Waals surface area contributed by atoms with E-state index in [1.54, 1.807) is 72.3 Å². The largest absolute Gasteiger partial charge is 0.497 e. The number of methoxy groups -OCH3 is 1. The summed E-state index contributed by atoms with van der Waals surface area (Å²) in [6.07, 6.45) is 0. The minimum atomic E-state index is -0.817. The number of aromatic nitrogens is 1. The summed E-state index contributed by atoms with van der Waals surface area (Å²) in [5, 5.41) is 4.21. The Kier molecular flexibility index (Phi) is 7.55. The van der Waals surface area contributed by atoms with E-state index < -0.39 is 11.7 Å². The van der Waals surface area contributed by atoms with Crippen molar-refractivity contribution in [2.75, 3.05) is 19.0 Å². The summed E-state index contributed by atoms with van der Waals surface area (Å²) in [5.41, 5.74) is 1.95. The number of hydrogen-bond acceptors (Lipinski definition) is 4. The molecule has 0 aliphatic carbocycles. The average molecular weight is 532 g/mol. The Bertz CT molecular complexity index is 1410. The first kappa shape index (κ1) is 24.9. The molecule has 1 amide bonds. The standard InChI is InChI=1S/C26H21Cl3N2O4/c1-3-35-19-10-11-22-20(13-19)23(24(32)26(33)30-17-6-8-18(34-2)9-7-17)25(29)31(22)14-15-4-5-16(27)12-21(15)28/h4-13H,3,14H2,1-2H3,(H,30,33). The molecule has 0 aliphatic rings. The molecule has 0 aliphatic heterocycles. The van der Waals surface area contributed by atoms with Crippen LogP contribution in [0.1, 0.15) is 22.8 Å². The third kappa shape index (κ3) is 5.25. The maximum atomic E-state index is 13.3. The number of ketones is 1. The molecule has 0 fully saturated rings. The highest BCUT2D eigenvalue weighted by Crippen LogP contribution is 2.35. The van der Waals surface area contributed by atoms with E-state index in [1.165, 1.54) is 0 Å². The van der Waals surface area contributed by atoms with Crippen LogP contribution in [0.5, 0.6) is 11.5 Å². The van der Waals surface area contributed by atoms with E-state index in [2.05, 4.69) is 5.32 Å². The Hall–Kier alpha value is -3.19. The number of amides is 1. The fourth-order valence-corrected chi connectivity index (χ4v) is 4.53. The van der Waals surface area contributed by atoms with E-state index >= 15 is 0 Å². The third-order valence-corrected chi connectivity index (χ3v) is 6.39. The number of Topliss-reactive ketones (excluding diaryl/α,β-unsaturated/α-hetero) is 1. The molecule has 1 heterocycles. The zero-order valence-corrected chi connectivity index (χ0v) is 21.2. The molecule has 3 aromatic carbocycles. The molecule has 0 saturated heterocycles. The molecule has 0 atom stereocenters. The van der Waals surface area contributed by atoms with Gasteiger partial charge in [0, 0.05) is 21.1 Å². The summed E-state index contributed by atoms with van der Waals surface area (Å²) >= 11 is 19.1. The lowest BCUT2D eigenvalue weighted by Gasteiger charge is -2.10. The van der Waals surface area contributed by atoms with Gasteiger partial charge in [0.1, 0.15) is 16.7 Å². The van der Waals surface area contributed by atoms with Crippen molar-refractivity contribution in [3.05, 3.63) is 87.0 Å². The van der Waals surface area contributed by atoms with Crippen LogP contribution in [0.15, 0.2) is 60.7 Å². The Morgan fingerprint density at radius 1 is 0.943 bits per heavy atom. The summed E-state index contributed by atoms with van der Waals surface area (Å²) in [6.45, 7) is 2.58. The molecule has 4 rings (SSSR count). The number of ether oxygens (including phenoxy) is 2. The predicted molar refractivity (Wildman–Crippen MR) is 140 cm³/mol. The second-order valence-electron chi connectivity index (χ2n) is 7.61. The van der Waals surface area contributed by atoms with Crippen LogP contribution in [0.2, 0.25) is 15.2 Å².